The minimum Gasteiger partial charge on any atom is -0.377 e. The summed E-state index contributed by atoms with van der Waals surface area (Å²) in [6.45, 7) is 0. The summed E-state index contributed by atoms with van der Waals surface area (Å²) in [6, 6.07) is 7.69. The number of anilines is 1. The Morgan fingerprint density at radius 1 is 1.15 bits per heavy atom. The Kier molecular flexibility index (Phi) is 3.31. The Morgan fingerprint density at radius 2 is 2.04 bits per heavy atom. The largest absolute Gasteiger partial charge is 0.377 e. The van der Waals surface area contributed by atoms with Crippen molar-refractivity contribution < 1.29 is 0 Å². The van der Waals surface area contributed by atoms with Crippen LogP contribution in [0.5, 0.6) is 0 Å². The summed E-state index contributed by atoms with van der Waals surface area (Å²) < 4.78 is 3.15. The number of aromatic nitrogens is 4. The summed E-state index contributed by atoms with van der Waals surface area (Å²) in [5.41, 5.74) is 4.38. The summed E-state index contributed by atoms with van der Waals surface area (Å²) in [5, 5.41) is 6.27. The predicted octanol–water partition coefficient (Wildman–Crippen LogP) is 3.67. The molecule has 0 aliphatic carbocycles. The van der Waals surface area contributed by atoms with Gasteiger partial charge in [0.25, 0.3) is 5.56 Å². The lowest BCUT2D eigenvalue weighted by molar-refractivity contribution is 0.824. The molecular weight excluding hydrogens is 366 g/mol. The van der Waals surface area contributed by atoms with E-state index in [1.54, 1.807) is 29.2 Å². The molecule has 0 saturated heterocycles. The van der Waals surface area contributed by atoms with E-state index in [9.17, 15) is 4.79 Å². The van der Waals surface area contributed by atoms with E-state index in [4.69, 9.17) is 0 Å². The van der Waals surface area contributed by atoms with Gasteiger partial charge in [-0.1, -0.05) is 0 Å². The van der Waals surface area contributed by atoms with E-state index < -0.39 is 0 Å². The van der Waals surface area contributed by atoms with Crippen molar-refractivity contribution in [2.75, 3.05) is 19.0 Å². The standard InChI is InChI=1S/C18H13N5OS2/c1-22(2)13-5-6-19-17-15(13)11-8-21-23(18(24)16(11)26-17)10-3-4-12-14(7-10)25-9-20-12/h3-9H,1-2H3. The Balaban J connectivity index is 1.81. The monoisotopic (exact) mass is 379 g/mol. The van der Waals surface area contributed by atoms with Crippen LogP contribution in [0.4, 0.5) is 5.69 Å². The van der Waals surface area contributed by atoms with E-state index >= 15 is 0 Å². The highest BCUT2D eigenvalue weighted by Gasteiger charge is 2.16. The average molecular weight is 379 g/mol. The molecule has 26 heavy (non-hydrogen) atoms. The Labute approximate surface area is 156 Å². The predicted molar refractivity (Wildman–Crippen MR) is 108 cm³/mol. The van der Waals surface area contributed by atoms with Gasteiger partial charge in [-0.25, -0.2) is 9.97 Å². The number of thiazole rings is 1. The van der Waals surface area contributed by atoms with Gasteiger partial charge in [0.1, 0.15) is 9.53 Å². The lowest BCUT2D eigenvalue weighted by atomic mass is 10.2. The minimum atomic E-state index is -0.126. The van der Waals surface area contributed by atoms with Crippen molar-refractivity contribution in [2.24, 2.45) is 0 Å². The molecule has 128 valence electrons. The molecule has 1 aromatic carbocycles. The zero-order valence-electron chi connectivity index (χ0n) is 14.0. The fourth-order valence-corrected chi connectivity index (χ4v) is 4.88. The van der Waals surface area contributed by atoms with Crippen LogP contribution >= 0.6 is 22.7 Å². The van der Waals surface area contributed by atoms with Crippen LogP contribution in [0.3, 0.4) is 0 Å². The van der Waals surface area contributed by atoms with Crippen LogP contribution in [0.15, 0.2) is 47.0 Å². The maximum absolute atomic E-state index is 13.1. The summed E-state index contributed by atoms with van der Waals surface area (Å²) in [5.74, 6) is 0. The van der Waals surface area contributed by atoms with Crippen LogP contribution in [0, 0.1) is 0 Å². The van der Waals surface area contributed by atoms with Crippen LogP contribution in [0.2, 0.25) is 0 Å². The van der Waals surface area contributed by atoms with Crippen LogP contribution < -0.4 is 10.5 Å². The first-order valence-corrected chi connectivity index (χ1v) is 9.63. The number of pyridine rings is 1. The van der Waals surface area contributed by atoms with E-state index in [0.717, 1.165) is 37.2 Å². The van der Waals surface area contributed by atoms with Crippen molar-refractivity contribution in [3.63, 3.8) is 0 Å². The lowest BCUT2D eigenvalue weighted by Crippen LogP contribution is -2.19. The van der Waals surface area contributed by atoms with Crippen molar-refractivity contribution in [3.05, 3.63) is 52.5 Å². The molecule has 0 unspecified atom stereocenters. The zero-order chi connectivity index (χ0) is 17.8. The molecule has 0 spiro atoms. The fraction of sp³-hybridized carbons (Fsp3) is 0.111. The second-order valence-electron chi connectivity index (χ2n) is 6.12. The van der Waals surface area contributed by atoms with Crippen LogP contribution in [-0.2, 0) is 0 Å². The van der Waals surface area contributed by atoms with Gasteiger partial charge in [-0.15, -0.1) is 22.7 Å². The van der Waals surface area contributed by atoms with E-state index in [0.29, 0.717) is 4.70 Å². The van der Waals surface area contributed by atoms with Gasteiger partial charge in [-0.3, -0.25) is 4.79 Å². The SMILES string of the molecule is CN(C)c1ccnc2sc3c(=O)n(-c4ccc5ncsc5c4)ncc3c12. The van der Waals surface area contributed by atoms with Gasteiger partial charge in [-0.2, -0.15) is 9.78 Å². The molecule has 0 fully saturated rings. The topological polar surface area (TPSA) is 63.9 Å². The number of hydrogen-bond acceptors (Lipinski definition) is 7. The highest BCUT2D eigenvalue weighted by Crippen LogP contribution is 2.36. The lowest BCUT2D eigenvalue weighted by Gasteiger charge is -2.13. The summed E-state index contributed by atoms with van der Waals surface area (Å²) in [7, 11) is 3.97. The van der Waals surface area contributed by atoms with Crippen molar-refractivity contribution in [3.8, 4) is 5.69 Å². The van der Waals surface area contributed by atoms with Crippen molar-refractivity contribution >= 4 is 58.9 Å². The molecular formula is C18H13N5OS2. The quantitative estimate of drug-likeness (QED) is 0.468. The molecule has 0 aliphatic heterocycles. The van der Waals surface area contributed by atoms with Gasteiger partial charge in [0.2, 0.25) is 0 Å². The van der Waals surface area contributed by atoms with Gasteiger partial charge >= 0.3 is 0 Å². The van der Waals surface area contributed by atoms with Crippen molar-refractivity contribution in [1.29, 1.82) is 0 Å². The molecule has 0 saturated carbocycles. The van der Waals surface area contributed by atoms with Crippen molar-refractivity contribution in [1.82, 2.24) is 19.7 Å². The summed E-state index contributed by atoms with van der Waals surface area (Å²) in [6.07, 6.45) is 3.54. The van der Waals surface area contributed by atoms with Gasteiger partial charge in [0.15, 0.2) is 0 Å². The molecule has 0 N–H and O–H groups in total. The highest BCUT2D eigenvalue weighted by atomic mass is 32.1. The summed E-state index contributed by atoms with van der Waals surface area (Å²) in [4.78, 5) is 24.7. The van der Waals surface area contributed by atoms with Gasteiger partial charge in [0.05, 0.1) is 27.6 Å². The second-order valence-corrected chi connectivity index (χ2v) is 8.00. The average Bonchev–Trinajstić information content (AvgIpc) is 3.25. The van der Waals surface area contributed by atoms with Crippen molar-refractivity contribution in [2.45, 2.75) is 0 Å². The van der Waals surface area contributed by atoms with E-state index in [-0.39, 0.29) is 5.56 Å². The molecule has 0 atom stereocenters. The number of hydrogen-bond donors (Lipinski definition) is 0. The highest BCUT2D eigenvalue weighted by molar-refractivity contribution is 7.25. The minimum absolute atomic E-state index is 0.126. The molecule has 6 nitrogen and oxygen atoms in total. The molecule has 0 aliphatic rings. The molecule has 5 rings (SSSR count). The first-order chi connectivity index (χ1) is 12.6. The third-order valence-corrected chi connectivity index (χ3v) is 6.23. The first kappa shape index (κ1) is 15.4. The Bertz CT molecular complexity index is 1350. The number of nitrogens with zero attached hydrogens (tertiary/aromatic N) is 5. The number of rotatable bonds is 2. The normalized spacial score (nSPS) is 11.6. The smallest absolute Gasteiger partial charge is 0.289 e. The van der Waals surface area contributed by atoms with Gasteiger partial charge in [0, 0.05) is 36.8 Å². The third kappa shape index (κ3) is 2.16. The van der Waals surface area contributed by atoms with E-state index in [2.05, 4.69) is 15.1 Å². The maximum Gasteiger partial charge on any atom is 0.289 e. The van der Waals surface area contributed by atoms with Crippen LogP contribution in [-0.4, -0.2) is 33.8 Å². The molecule has 0 amide bonds. The number of fused-ring (bicyclic) bond motifs is 4. The Morgan fingerprint density at radius 3 is 2.88 bits per heavy atom. The molecule has 4 aromatic heterocycles. The molecule has 4 heterocycles. The number of thiophene rings is 1. The van der Waals surface area contributed by atoms with E-state index in [1.165, 1.54) is 16.0 Å². The van der Waals surface area contributed by atoms with Gasteiger partial charge < -0.3 is 4.90 Å². The van der Waals surface area contributed by atoms with E-state index in [1.807, 2.05) is 43.3 Å². The molecule has 0 radical (unpaired) electrons. The molecule has 5 aromatic rings. The summed E-state index contributed by atoms with van der Waals surface area (Å²) >= 11 is 2.96. The number of benzene rings is 1. The van der Waals surface area contributed by atoms with Crippen LogP contribution in [0.25, 0.3) is 36.2 Å². The van der Waals surface area contributed by atoms with Gasteiger partial charge in [-0.05, 0) is 24.3 Å². The third-order valence-electron chi connectivity index (χ3n) is 4.34. The van der Waals surface area contributed by atoms with Crippen LogP contribution in [0.1, 0.15) is 0 Å². The molecule has 0 bridgehead atoms. The Hall–Kier alpha value is -2.84. The molecule has 8 heteroatoms. The second kappa shape index (κ2) is 5.58. The maximum atomic E-state index is 13.1. The fourth-order valence-electron chi connectivity index (χ4n) is 3.11. The zero-order valence-corrected chi connectivity index (χ0v) is 15.6. The first-order valence-electron chi connectivity index (χ1n) is 7.94.